The molecular formula is C14H10FN3O2. The molecule has 0 atom stereocenters. The van der Waals surface area contributed by atoms with Crippen LogP contribution in [0.15, 0.2) is 42.6 Å². The molecule has 1 N–H and O–H groups in total. The number of para-hydroxylation sites is 2. The Morgan fingerprint density at radius 2 is 2.10 bits per heavy atom. The number of hydrogen-bond donors (Lipinski definition) is 1. The van der Waals surface area contributed by atoms with Crippen LogP contribution in [0.5, 0.6) is 0 Å². The third-order valence-corrected chi connectivity index (χ3v) is 2.99. The Hall–Kier alpha value is -2.76. The van der Waals surface area contributed by atoms with Crippen LogP contribution in [0.25, 0.3) is 0 Å². The Morgan fingerprint density at radius 3 is 2.90 bits per heavy atom. The number of fused-ring (bicyclic) bond motifs is 1. The molecular weight excluding hydrogens is 261 g/mol. The summed E-state index contributed by atoms with van der Waals surface area (Å²) in [7, 11) is 0. The van der Waals surface area contributed by atoms with Crippen molar-refractivity contribution < 1.29 is 14.0 Å². The lowest BCUT2D eigenvalue weighted by Gasteiger charge is -2.29. The van der Waals surface area contributed by atoms with Crippen molar-refractivity contribution in [3.05, 3.63) is 54.1 Å². The smallest absolute Gasteiger partial charge is 0.259 e. The van der Waals surface area contributed by atoms with E-state index in [0.717, 1.165) is 6.07 Å². The Bertz CT molecular complexity index is 702. The predicted molar refractivity (Wildman–Crippen MR) is 70.9 cm³/mol. The van der Waals surface area contributed by atoms with E-state index in [1.54, 1.807) is 24.3 Å². The molecule has 2 amide bonds. The number of anilines is 2. The quantitative estimate of drug-likeness (QED) is 0.805. The average molecular weight is 271 g/mol. The maximum absolute atomic E-state index is 13.1. The van der Waals surface area contributed by atoms with Gasteiger partial charge in [0.25, 0.3) is 5.91 Å². The van der Waals surface area contributed by atoms with Crippen LogP contribution in [0.4, 0.5) is 15.8 Å². The highest BCUT2D eigenvalue weighted by Crippen LogP contribution is 2.29. The van der Waals surface area contributed by atoms with Gasteiger partial charge in [0.1, 0.15) is 6.54 Å². The topological polar surface area (TPSA) is 62.3 Å². The van der Waals surface area contributed by atoms with Gasteiger partial charge in [-0.15, -0.1) is 0 Å². The van der Waals surface area contributed by atoms with E-state index in [-0.39, 0.29) is 18.0 Å². The molecule has 1 aromatic heterocycles. The maximum Gasteiger partial charge on any atom is 0.259 e. The summed E-state index contributed by atoms with van der Waals surface area (Å²) in [6.07, 6.45) is 1.22. The minimum Gasteiger partial charge on any atom is -0.323 e. The number of nitrogens with zero attached hydrogens (tertiary/aromatic N) is 2. The number of carbonyl (C=O) groups excluding carboxylic acids is 2. The number of aromatic nitrogens is 1. The maximum atomic E-state index is 13.1. The molecule has 100 valence electrons. The number of amides is 2. The van der Waals surface area contributed by atoms with Gasteiger partial charge in [-0.2, -0.15) is 4.39 Å². The second-order valence-electron chi connectivity index (χ2n) is 4.32. The van der Waals surface area contributed by atoms with E-state index < -0.39 is 11.9 Å². The van der Waals surface area contributed by atoms with Crippen molar-refractivity contribution in [3.63, 3.8) is 0 Å². The molecule has 2 aromatic rings. The Morgan fingerprint density at radius 1 is 1.30 bits per heavy atom. The van der Waals surface area contributed by atoms with Crippen molar-refractivity contribution in [2.24, 2.45) is 0 Å². The summed E-state index contributed by atoms with van der Waals surface area (Å²) in [4.78, 5) is 28.8. The van der Waals surface area contributed by atoms with E-state index in [1.165, 1.54) is 17.2 Å². The van der Waals surface area contributed by atoms with Crippen molar-refractivity contribution in [3.8, 4) is 0 Å². The molecule has 1 aliphatic rings. The third kappa shape index (κ3) is 2.11. The Balaban J connectivity index is 2.02. The Kier molecular flexibility index (Phi) is 2.90. The van der Waals surface area contributed by atoms with E-state index in [9.17, 15) is 14.0 Å². The molecule has 1 aromatic carbocycles. The first-order valence-corrected chi connectivity index (χ1v) is 5.97. The van der Waals surface area contributed by atoms with Crippen molar-refractivity contribution in [2.75, 3.05) is 16.8 Å². The van der Waals surface area contributed by atoms with E-state index in [2.05, 4.69) is 10.3 Å². The first kappa shape index (κ1) is 12.3. The van der Waals surface area contributed by atoms with Crippen LogP contribution >= 0.6 is 0 Å². The normalized spacial score (nSPS) is 13.7. The third-order valence-electron chi connectivity index (χ3n) is 2.99. The summed E-state index contributed by atoms with van der Waals surface area (Å²) >= 11 is 0. The number of rotatable bonds is 1. The molecule has 0 fully saturated rings. The van der Waals surface area contributed by atoms with Crippen molar-refractivity contribution in [1.29, 1.82) is 0 Å². The minimum absolute atomic E-state index is 0.0974. The summed E-state index contributed by atoms with van der Waals surface area (Å²) < 4.78 is 13.1. The average Bonchev–Trinajstić information content (AvgIpc) is 2.45. The fraction of sp³-hybridized carbons (Fsp3) is 0.0714. The SMILES string of the molecule is O=C1CN(C(=O)c2ccnc(F)c2)c2ccccc2N1. The van der Waals surface area contributed by atoms with E-state index >= 15 is 0 Å². The van der Waals surface area contributed by atoms with E-state index in [4.69, 9.17) is 0 Å². The van der Waals surface area contributed by atoms with Gasteiger partial charge in [0, 0.05) is 17.8 Å². The number of benzene rings is 1. The molecule has 0 spiro atoms. The van der Waals surface area contributed by atoms with Gasteiger partial charge >= 0.3 is 0 Å². The molecule has 20 heavy (non-hydrogen) atoms. The van der Waals surface area contributed by atoms with Gasteiger partial charge < -0.3 is 5.32 Å². The summed E-state index contributed by atoms with van der Waals surface area (Å²) in [5.74, 6) is -1.45. The molecule has 1 aliphatic heterocycles. The number of hydrogen-bond acceptors (Lipinski definition) is 3. The van der Waals surface area contributed by atoms with Gasteiger partial charge in [0.2, 0.25) is 11.9 Å². The fourth-order valence-corrected chi connectivity index (χ4v) is 2.11. The second kappa shape index (κ2) is 4.73. The molecule has 0 radical (unpaired) electrons. The van der Waals surface area contributed by atoms with Gasteiger partial charge in [-0.3, -0.25) is 14.5 Å². The van der Waals surface area contributed by atoms with Gasteiger partial charge in [-0.05, 0) is 18.2 Å². The molecule has 3 rings (SSSR count). The summed E-state index contributed by atoms with van der Waals surface area (Å²) in [6.45, 7) is -0.0974. The highest BCUT2D eigenvalue weighted by molar-refractivity contribution is 6.15. The zero-order chi connectivity index (χ0) is 14.1. The van der Waals surface area contributed by atoms with Gasteiger partial charge in [-0.1, -0.05) is 12.1 Å². The van der Waals surface area contributed by atoms with Gasteiger partial charge in [-0.25, -0.2) is 4.98 Å². The van der Waals surface area contributed by atoms with Crippen LogP contribution in [0.2, 0.25) is 0 Å². The molecule has 2 heterocycles. The Labute approximate surface area is 114 Å². The fourth-order valence-electron chi connectivity index (χ4n) is 2.11. The summed E-state index contributed by atoms with van der Waals surface area (Å²) in [6, 6.07) is 9.44. The van der Waals surface area contributed by atoms with Gasteiger partial charge in [0.15, 0.2) is 0 Å². The molecule has 0 saturated carbocycles. The van der Waals surface area contributed by atoms with Crippen molar-refractivity contribution in [2.45, 2.75) is 0 Å². The lowest BCUT2D eigenvalue weighted by atomic mass is 10.1. The molecule has 5 nitrogen and oxygen atoms in total. The van der Waals surface area contributed by atoms with Crippen LogP contribution in [0.1, 0.15) is 10.4 Å². The monoisotopic (exact) mass is 271 g/mol. The highest BCUT2D eigenvalue weighted by Gasteiger charge is 2.27. The standard InChI is InChI=1S/C14H10FN3O2/c15-12-7-9(5-6-16-12)14(20)18-8-13(19)17-10-3-1-2-4-11(10)18/h1-7H,8H2,(H,17,19). The summed E-state index contributed by atoms with van der Waals surface area (Å²) in [5, 5.41) is 2.69. The minimum atomic E-state index is -0.731. The second-order valence-corrected chi connectivity index (χ2v) is 4.32. The van der Waals surface area contributed by atoms with Crippen LogP contribution in [-0.4, -0.2) is 23.3 Å². The van der Waals surface area contributed by atoms with Crippen LogP contribution < -0.4 is 10.2 Å². The highest BCUT2D eigenvalue weighted by atomic mass is 19.1. The zero-order valence-corrected chi connectivity index (χ0v) is 10.3. The molecule has 0 bridgehead atoms. The number of nitrogens with one attached hydrogen (secondary N) is 1. The first-order valence-electron chi connectivity index (χ1n) is 5.97. The van der Waals surface area contributed by atoms with Crippen LogP contribution in [0.3, 0.4) is 0 Å². The first-order chi connectivity index (χ1) is 9.65. The van der Waals surface area contributed by atoms with Crippen molar-refractivity contribution >= 4 is 23.2 Å². The van der Waals surface area contributed by atoms with Crippen LogP contribution in [0, 0.1) is 5.95 Å². The largest absolute Gasteiger partial charge is 0.323 e. The summed E-state index contributed by atoms with van der Waals surface area (Å²) in [5.41, 5.74) is 1.31. The number of halogens is 1. The van der Waals surface area contributed by atoms with E-state index in [0.29, 0.717) is 11.4 Å². The lowest BCUT2D eigenvalue weighted by Crippen LogP contribution is -2.42. The predicted octanol–water partition coefficient (Wildman–Crippen LogP) is 1.82. The number of carbonyl (C=O) groups is 2. The van der Waals surface area contributed by atoms with Gasteiger partial charge in [0.05, 0.1) is 11.4 Å². The zero-order valence-electron chi connectivity index (χ0n) is 10.3. The number of pyridine rings is 1. The molecule has 0 unspecified atom stereocenters. The van der Waals surface area contributed by atoms with Crippen LogP contribution in [-0.2, 0) is 4.79 Å². The molecule has 0 aliphatic carbocycles. The lowest BCUT2D eigenvalue weighted by molar-refractivity contribution is -0.115. The van der Waals surface area contributed by atoms with E-state index in [1.807, 2.05) is 0 Å². The molecule has 0 saturated heterocycles. The van der Waals surface area contributed by atoms with Crippen molar-refractivity contribution in [1.82, 2.24) is 4.98 Å². The molecule has 6 heteroatoms.